The number of carbonyl (C=O) groups is 1. The van der Waals surface area contributed by atoms with Crippen molar-refractivity contribution in [1.82, 2.24) is 9.88 Å². The van der Waals surface area contributed by atoms with E-state index in [4.69, 9.17) is 5.26 Å². The van der Waals surface area contributed by atoms with Crippen LogP contribution < -0.4 is 0 Å². The predicted octanol–water partition coefficient (Wildman–Crippen LogP) is 0.774. The topological polar surface area (TPSA) is 57.0 Å². The quantitative estimate of drug-likeness (QED) is 0.363. The number of aromatic nitrogens is 1. The number of halogens is 1. The van der Waals surface area contributed by atoms with E-state index < -0.39 is 11.9 Å². The molecule has 0 aliphatic rings. The van der Waals surface area contributed by atoms with Crippen LogP contribution in [0.4, 0.5) is 4.39 Å². The summed E-state index contributed by atoms with van der Waals surface area (Å²) in [6.07, 6.45) is 2.80. The van der Waals surface area contributed by atoms with Crippen LogP contribution in [0.2, 0.25) is 0 Å². The molecule has 0 radical (unpaired) electrons. The first kappa shape index (κ1) is 9.13. The zero-order chi connectivity index (χ0) is 9.84. The molecule has 1 aromatic rings. The number of amides is 1. The van der Waals surface area contributed by atoms with Crippen molar-refractivity contribution >= 4 is 5.91 Å². The monoisotopic (exact) mass is 179 g/mol. The molecule has 1 amide bonds. The normalized spacial score (nSPS) is 9.00. The molecule has 5 heteroatoms. The Morgan fingerprint density at radius 2 is 2.46 bits per heavy atom. The van der Waals surface area contributed by atoms with E-state index in [1.165, 1.54) is 19.3 Å². The minimum Gasteiger partial charge on any atom is -0.268 e. The summed E-state index contributed by atoms with van der Waals surface area (Å²) in [5.74, 6) is -1.29. The van der Waals surface area contributed by atoms with Gasteiger partial charge in [0.2, 0.25) is 5.95 Å². The zero-order valence-corrected chi connectivity index (χ0v) is 6.86. The molecule has 4 nitrogen and oxygen atoms in total. The third-order valence-corrected chi connectivity index (χ3v) is 1.43. The van der Waals surface area contributed by atoms with Crippen molar-refractivity contribution in [2.45, 2.75) is 0 Å². The molecule has 0 aromatic carbocycles. The Hall–Kier alpha value is -1.96. The van der Waals surface area contributed by atoms with Crippen LogP contribution in [-0.4, -0.2) is 22.8 Å². The molecular weight excluding hydrogens is 173 g/mol. The van der Waals surface area contributed by atoms with Crippen molar-refractivity contribution in [1.29, 1.82) is 5.26 Å². The first-order valence-corrected chi connectivity index (χ1v) is 3.44. The highest BCUT2D eigenvalue weighted by Crippen LogP contribution is 2.03. The molecule has 0 fully saturated rings. The van der Waals surface area contributed by atoms with Gasteiger partial charge in [0.05, 0.1) is 0 Å². The lowest BCUT2D eigenvalue weighted by Gasteiger charge is -2.05. The fraction of sp³-hybridized carbons (Fsp3) is 0.125. The minimum atomic E-state index is -0.739. The van der Waals surface area contributed by atoms with Gasteiger partial charge in [-0.05, 0) is 6.07 Å². The Morgan fingerprint density at radius 1 is 1.77 bits per heavy atom. The van der Waals surface area contributed by atoms with Gasteiger partial charge in [0, 0.05) is 24.9 Å². The number of hydrogen-bond acceptors (Lipinski definition) is 3. The van der Waals surface area contributed by atoms with Crippen LogP contribution in [0.3, 0.4) is 0 Å². The van der Waals surface area contributed by atoms with Crippen molar-refractivity contribution in [3.63, 3.8) is 0 Å². The minimum absolute atomic E-state index is 0.108. The second-order valence-electron chi connectivity index (χ2n) is 2.33. The van der Waals surface area contributed by atoms with E-state index in [1.807, 2.05) is 0 Å². The van der Waals surface area contributed by atoms with E-state index in [2.05, 4.69) is 4.98 Å². The molecule has 13 heavy (non-hydrogen) atoms. The lowest BCUT2D eigenvalue weighted by atomic mass is 10.2. The molecule has 66 valence electrons. The second kappa shape index (κ2) is 3.63. The highest BCUT2D eigenvalue weighted by atomic mass is 19.1. The fourth-order valence-electron chi connectivity index (χ4n) is 0.775. The third-order valence-electron chi connectivity index (χ3n) is 1.43. The number of nitrogens with zero attached hydrogens (tertiary/aromatic N) is 3. The third kappa shape index (κ3) is 1.99. The number of nitriles is 1. The molecule has 0 N–H and O–H groups in total. The van der Waals surface area contributed by atoms with Crippen molar-refractivity contribution in [2.75, 3.05) is 7.05 Å². The Balaban J connectivity index is 2.97. The van der Waals surface area contributed by atoms with E-state index in [9.17, 15) is 9.18 Å². The summed E-state index contributed by atoms with van der Waals surface area (Å²) >= 11 is 0. The Kier molecular flexibility index (Phi) is 2.55. The van der Waals surface area contributed by atoms with Crippen molar-refractivity contribution < 1.29 is 9.18 Å². The van der Waals surface area contributed by atoms with E-state index in [0.29, 0.717) is 0 Å². The smallest absolute Gasteiger partial charge is 0.266 e. The largest absolute Gasteiger partial charge is 0.268 e. The molecule has 0 spiro atoms. The molecule has 0 atom stereocenters. The van der Waals surface area contributed by atoms with E-state index in [0.717, 1.165) is 11.0 Å². The van der Waals surface area contributed by atoms with E-state index in [-0.39, 0.29) is 5.56 Å². The molecule has 0 aliphatic carbocycles. The van der Waals surface area contributed by atoms with Gasteiger partial charge in [-0.15, -0.1) is 0 Å². The summed E-state index contributed by atoms with van der Waals surface area (Å²) < 4.78 is 12.5. The van der Waals surface area contributed by atoms with Gasteiger partial charge in [-0.2, -0.15) is 9.65 Å². The summed E-state index contributed by atoms with van der Waals surface area (Å²) in [5, 5.41) is 8.38. The standard InChI is InChI=1S/C8H6FN3O/c1-12(5-10)8(13)6-2-3-11-7(9)4-6/h2-4H,1H3. The molecule has 0 saturated carbocycles. The Labute approximate surface area is 74.2 Å². The second-order valence-corrected chi connectivity index (χ2v) is 2.33. The van der Waals surface area contributed by atoms with E-state index >= 15 is 0 Å². The summed E-state index contributed by atoms with van der Waals surface area (Å²) in [5.41, 5.74) is 0.108. The van der Waals surface area contributed by atoms with Gasteiger partial charge in [-0.1, -0.05) is 0 Å². The first-order valence-electron chi connectivity index (χ1n) is 3.44. The summed E-state index contributed by atoms with van der Waals surface area (Å²) in [4.78, 5) is 15.3. The van der Waals surface area contributed by atoms with Crippen LogP contribution in [0.15, 0.2) is 18.3 Å². The van der Waals surface area contributed by atoms with Crippen molar-refractivity contribution in [3.05, 3.63) is 29.8 Å². The highest BCUT2D eigenvalue weighted by Gasteiger charge is 2.11. The van der Waals surface area contributed by atoms with Crippen LogP contribution in [0.25, 0.3) is 0 Å². The molecule has 0 saturated heterocycles. The fourth-order valence-corrected chi connectivity index (χ4v) is 0.775. The SMILES string of the molecule is CN(C#N)C(=O)c1ccnc(F)c1. The van der Waals surface area contributed by atoms with Crippen molar-refractivity contribution in [3.8, 4) is 6.19 Å². The molecule has 0 aliphatic heterocycles. The number of carbonyl (C=O) groups excluding carboxylic acids is 1. The summed E-state index contributed by atoms with van der Waals surface area (Å²) in [7, 11) is 1.31. The average Bonchev–Trinajstić information content (AvgIpc) is 2.15. The van der Waals surface area contributed by atoms with Crippen LogP contribution in [0.5, 0.6) is 0 Å². The van der Waals surface area contributed by atoms with E-state index in [1.54, 1.807) is 6.19 Å². The molecule has 0 bridgehead atoms. The first-order chi connectivity index (χ1) is 6.15. The number of hydrogen-bond donors (Lipinski definition) is 0. The summed E-state index contributed by atoms with van der Waals surface area (Å²) in [6, 6.07) is 2.33. The molecule has 0 unspecified atom stereocenters. The Bertz CT molecular complexity index is 372. The van der Waals surface area contributed by atoms with Crippen LogP contribution in [-0.2, 0) is 0 Å². The lowest BCUT2D eigenvalue weighted by molar-refractivity contribution is 0.0857. The molecule has 1 rings (SSSR count). The molecule has 1 heterocycles. The Morgan fingerprint density at radius 3 is 3.00 bits per heavy atom. The maximum absolute atomic E-state index is 12.5. The van der Waals surface area contributed by atoms with Gasteiger partial charge in [0.1, 0.15) is 0 Å². The van der Waals surface area contributed by atoms with Crippen molar-refractivity contribution in [2.24, 2.45) is 0 Å². The molecule has 1 aromatic heterocycles. The highest BCUT2D eigenvalue weighted by molar-refractivity contribution is 5.94. The molecular formula is C8H6FN3O. The predicted molar refractivity (Wildman–Crippen MR) is 41.9 cm³/mol. The van der Waals surface area contributed by atoms with Crippen LogP contribution >= 0.6 is 0 Å². The van der Waals surface area contributed by atoms with Crippen LogP contribution in [0, 0.1) is 17.4 Å². The maximum Gasteiger partial charge on any atom is 0.266 e. The van der Waals surface area contributed by atoms with Gasteiger partial charge in [0.15, 0.2) is 6.19 Å². The number of rotatable bonds is 1. The average molecular weight is 179 g/mol. The maximum atomic E-state index is 12.5. The van der Waals surface area contributed by atoms with Gasteiger partial charge in [-0.25, -0.2) is 9.88 Å². The van der Waals surface area contributed by atoms with Gasteiger partial charge >= 0.3 is 0 Å². The van der Waals surface area contributed by atoms with Gasteiger partial charge in [-0.3, -0.25) is 4.79 Å². The lowest BCUT2D eigenvalue weighted by Crippen LogP contribution is -2.21. The van der Waals surface area contributed by atoms with Gasteiger partial charge < -0.3 is 0 Å². The summed E-state index contributed by atoms with van der Waals surface area (Å²) in [6.45, 7) is 0. The number of pyridine rings is 1. The van der Waals surface area contributed by atoms with Crippen LogP contribution in [0.1, 0.15) is 10.4 Å². The van der Waals surface area contributed by atoms with Gasteiger partial charge in [0.25, 0.3) is 5.91 Å². The zero-order valence-electron chi connectivity index (χ0n) is 6.86.